The van der Waals surface area contributed by atoms with Crippen LogP contribution in [0.2, 0.25) is 0 Å². The van der Waals surface area contributed by atoms with Crippen molar-refractivity contribution in [1.82, 2.24) is 0 Å². The number of carbonyl (C=O) groups excluding carboxylic acids is 1. The van der Waals surface area contributed by atoms with E-state index in [2.05, 4.69) is 10.7 Å². The number of esters is 1. The van der Waals surface area contributed by atoms with E-state index in [9.17, 15) is 9.18 Å². The van der Waals surface area contributed by atoms with Gasteiger partial charge in [-0.1, -0.05) is 5.92 Å². The summed E-state index contributed by atoms with van der Waals surface area (Å²) in [7, 11) is 0. The molecular weight excluding hydrogens is 171 g/mol. The molecule has 0 unspecified atom stereocenters. The maximum Gasteiger partial charge on any atom is 0.339 e. The van der Waals surface area contributed by atoms with Crippen molar-refractivity contribution in [1.29, 1.82) is 0 Å². The van der Waals surface area contributed by atoms with Crippen LogP contribution >= 0.6 is 0 Å². The number of terminal acetylenes is 1. The molecule has 0 aromatic heterocycles. The molecule has 0 saturated heterocycles. The van der Waals surface area contributed by atoms with E-state index in [1.54, 1.807) is 0 Å². The summed E-state index contributed by atoms with van der Waals surface area (Å²) in [6, 6.07) is 5.06. The number of hydrogen-bond acceptors (Lipinski definition) is 2. The van der Waals surface area contributed by atoms with Gasteiger partial charge in [-0.25, -0.2) is 9.18 Å². The predicted octanol–water partition coefficient (Wildman–Crippen LogP) is 1.62. The van der Waals surface area contributed by atoms with Crippen LogP contribution in [-0.2, 0) is 4.74 Å². The molecule has 66 valence electrons. The molecule has 2 nitrogen and oxygen atoms in total. The van der Waals surface area contributed by atoms with Crippen LogP contribution in [0.25, 0.3) is 0 Å². The second-order valence-corrected chi connectivity index (χ2v) is 2.29. The zero-order chi connectivity index (χ0) is 9.68. The lowest BCUT2D eigenvalue weighted by Gasteiger charge is -1.99. The van der Waals surface area contributed by atoms with Gasteiger partial charge in [0.25, 0.3) is 0 Å². The zero-order valence-electron chi connectivity index (χ0n) is 6.79. The lowest BCUT2D eigenvalue weighted by atomic mass is 10.2. The zero-order valence-corrected chi connectivity index (χ0v) is 6.79. The second-order valence-electron chi connectivity index (χ2n) is 2.29. The third kappa shape index (κ3) is 2.60. The number of benzene rings is 1. The Balaban J connectivity index is 2.68. The Labute approximate surface area is 75.3 Å². The van der Waals surface area contributed by atoms with Crippen molar-refractivity contribution in [2.45, 2.75) is 0 Å². The molecule has 0 saturated carbocycles. The summed E-state index contributed by atoms with van der Waals surface area (Å²) in [5, 5.41) is 0. The molecule has 0 spiro atoms. The first-order valence-electron chi connectivity index (χ1n) is 3.60. The van der Waals surface area contributed by atoms with Crippen LogP contribution in [0.15, 0.2) is 24.3 Å². The Morgan fingerprint density at radius 2 is 2.08 bits per heavy atom. The normalized spacial score (nSPS) is 8.92. The highest BCUT2D eigenvalue weighted by Gasteiger charge is 2.05. The molecular formula is C10H7FO2. The van der Waals surface area contributed by atoms with Gasteiger partial charge in [-0.2, -0.15) is 0 Å². The maximum absolute atomic E-state index is 12.4. The molecule has 0 aliphatic rings. The average Bonchev–Trinajstić information content (AvgIpc) is 2.15. The summed E-state index contributed by atoms with van der Waals surface area (Å²) < 4.78 is 17.0. The molecule has 0 radical (unpaired) electrons. The van der Waals surface area contributed by atoms with E-state index in [0.717, 1.165) is 0 Å². The first kappa shape index (κ1) is 9.27. The molecule has 0 bridgehead atoms. The van der Waals surface area contributed by atoms with E-state index in [4.69, 9.17) is 6.42 Å². The molecule has 1 rings (SSSR count). The van der Waals surface area contributed by atoms with Crippen molar-refractivity contribution < 1.29 is 13.9 Å². The van der Waals surface area contributed by atoms with Crippen LogP contribution < -0.4 is 0 Å². The molecule has 0 aliphatic carbocycles. The van der Waals surface area contributed by atoms with Gasteiger partial charge in [0, 0.05) is 0 Å². The van der Waals surface area contributed by atoms with E-state index in [0.29, 0.717) is 0 Å². The Hall–Kier alpha value is -1.82. The Morgan fingerprint density at radius 1 is 1.46 bits per heavy atom. The molecule has 0 atom stereocenters. The smallest absolute Gasteiger partial charge is 0.339 e. The Bertz CT molecular complexity index is 335. The third-order valence-electron chi connectivity index (χ3n) is 1.37. The predicted molar refractivity (Wildman–Crippen MR) is 45.5 cm³/mol. The first-order valence-corrected chi connectivity index (χ1v) is 3.60. The summed E-state index contributed by atoms with van der Waals surface area (Å²) in [4.78, 5) is 11.1. The molecule has 0 fully saturated rings. The van der Waals surface area contributed by atoms with Gasteiger partial charge in [0.15, 0.2) is 6.61 Å². The highest BCUT2D eigenvalue weighted by molar-refractivity contribution is 5.89. The van der Waals surface area contributed by atoms with Gasteiger partial charge in [0.05, 0.1) is 5.56 Å². The van der Waals surface area contributed by atoms with E-state index in [1.165, 1.54) is 24.3 Å². The number of halogens is 1. The summed E-state index contributed by atoms with van der Waals surface area (Å²) in [6.45, 7) is -0.0732. The molecule has 3 heteroatoms. The molecule has 0 amide bonds. The van der Waals surface area contributed by atoms with Crippen LogP contribution in [0.4, 0.5) is 4.39 Å². The molecule has 1 aromatic carbocycles. The standard InChI is InChI=1S/C10H7FO2/c1-2-7-13-10(12)8-3-5-9(11)6-4-8/h1,3-6H,7H2. The Morgan fingerprint density at radius 3 is 2.62 bits per heavy atom. The number of hydrogen-bond donors (Lipinski definition) is 0. The van der Waals surface area contributed by atoms with E-state index in [-0.39, 0.29) is 12.2 Å². The fourth-order valence-corrected chi connectivity index (χ4v) is 0.777. The van der Waals surface area contributed by atoms with Crippen LogP contribution in [0.1, 0.15) is 10.4 Å². The number of ether oxygens (including phenoxy) is 1. The van der Waals surface area contributed by atoms with E-state index in [1.807, 2.05) is 0 Å². The van der Waals surface area contributed by atoms with Crippen LogP contribution in [-0.4, -0.2) is 12.6 Å². The van der Waals surface area contributed by atoms with Crippen molar-refractivity contribution in [3.63, 3.8) is 0 Å². The molecule has 0 aliphatic heterocycles. The van der Waals surface area contributed by atoms with Gasteiger partial charge < -0.3 is 4.74 Å². The maximum atomic E-state index is 12.4. The number of carbonyl (C=O) groups is 1. The van der Waals surface area contributed by atoms with Crippen molar-refractivity contribution in [3.8, 4) is 12.3 Å². The summed E-state index contributed by atoms with van der Waals surface area (Å²) in [5.74, 6) is 1.22. The molecule has 13 heavy (non-hydrogen) atoms. The van der Waals surface area contributed by atoms with Crippen molar-refractivity contribution in [3.05, 3.63) is 35.6 Å². The minimum absolute atomic E-state index is 0.0732. The molecule has 0 N–H and O–H groups in total. The SMILES string of the molecule is C#CCOC(=O)c1ccc(F)cc1. The fourth-order valence-electron chi connectivity index (χ4n) is 0.777. The number of rotatable bonds is 2. The largest absolute Gasteiger partial charge is 0.449 e. The van der Waals surface area contributed by atoms with Gasteiger partial charge in [-0.3, -0.25) is 0 Å². The monoisotopic (exact) mass is 178 g/mol. The van der Waals surface area contributed by atoms with Crippen molar-refractivity contribution in [2.24, 2.45) is 0 Å². The Kier molecular flexibility index (Phi) is 3.04. The van der Waals surface area contributed by atoms with Crippen LogP contribution in [0, 0.1) is 18.2 Å². The van der Waals surface area contributed by atoms with E-state index < -0.39 is 11.8 Å². The first-order chi connectivity index (χ1) is 6.24. The van der Waals surface area contributed by atoms with Crippen LogP contribution in [0.3, 0.4) is 0 Å². The second kappa shape index (κ2) is 4.27. The lowest BCUT2D eigenvalue weighted by molar-refractivity contribution is 0.0556. The van der Waals surface area contributed by atoms with Gasteiger partial charge >= 0.3 is 5.97 Å². The third-order valence-corrected chi connectivity index (χ3v) is 1.37. The van der Waals surface area contributed by atoms with Gasteiger partial charge in [0.2, 0.25) is 0 Å². The lowest BCUT2D eigenvalue weighted by Crippen LogP contribution is -2.04. The molecule has 0 heterocycles. The molecule has 1 aromatic rings. The van der Waals surface area contributed by atoms with Gasteiger partial charge in [-0.05, 0) is 24.3 Å². The van der Waals surface area contributed by atoms with Gasteiger partial charge in [0.1, 0.15) is 5.82 Å². The topological polar surface area (TPSA) is 26.3 Å². The minimum atomic E-state index is -0.544. The van der Waals surface area contributed by atoms with Crippen molar-refractivity contribution >= 4 is 5.97 Å². The summed E-state index contributed by atoms with van der Waals surface area (Å²) in [6.07, 6.45) is 4.89. The highest BCUT2D eigenvalue weighted by Crippen LogP contribution is 2.03. The summed E-state index contributed by atoms with van der Waals surface area (Å²) in [5.41, 5.74) is 0.289. The average molecular weight is 178 g/mol. The minimum Gasteiger partial charge on any atom is -0.449 e. The fraction of sp³-hybridized carbons (Fsp3) is 0.100. The highest BCUT2D eigenvalue weighted by atomic mass is 19.1. The quantitative estimate of drug-likeness (QED) is 0.508. The van der Waals surface area contributed by atoms with E-state index >= 15 is 0 Å². The van der Waals surface area contributed by atoms with Gasteiger partial charge in [-0.15, -0.1) is 6.42 Å². The van der Waals surface area contributed by atoms with Crippen molar-refractivity contribution in [2.75, 3.05) is 6.61 Å². The summed E-state index contributed by atoms with van der Waals surface area (Å²) >= 11 is 0. The van der Waals surface area contributed by atoms with Crippen LogP contribution in [0.5, 0.6) is 0 Å².